The molecular formula is C12H13BrN4O. The van der Waals surface area contributed by atoms with Gasteiger partial charge in [0.2, 0.25) is 0 Å². The van der Waals surface area contributed by atoms with Gasteiger partial charge in [0.05, 0.1) is 5.69 Å². The van der Waals surface area contributed by atoms with E-state index in [9.17, 15) is 4.79 Å². The van der Waals surface area contributed by atoms with E-state index in [1.54, 1.807) is 23.0 Å². The molecular weight excluding hydrogens is 296 g/mol. The lowest BCUT2D eigenvalue weighted by molar-refractivity contribution is 0.101. The molecule has 0 unspecified atom stereocenters. The minimum absolute atomic E-state index is 0.202. The molecule has 5 nitrogen and oxygen atoms in total. The molecule has 0 aliphatic carbocycles. The van der Waals surface area contributed by atoms with Gasteiger partial charge >= 0.3 is 0 Å². The fourth-order valence-electron chi connectivity index (χ4n) is 1.60. The number of nitrogens with zero attached hydrogens (tertiary/aromatic N) is 3. The third-order valence-corrected chi connectivity index (χ3v) is 2.87. The van der Waals surface area contributed by atoms with E-state index in [1.165, 1.54) is 0 Å². The molecule has 0 atom stereocenters. The van der Waals surface area contributed by atoms with Gasteiger partial charge in [-0.25, -0.2) is 4.98 Å². The zero-order chi connectivity index (χ0) is 13.1. The van der Waals surface area contributed by atoms with Crippen LogP contribution in [-0.4, -0.2) is 20.7 Å². The van der Waals surface area contributed by atoms with Gasteiger partial charge in [-0.15, -0.1) is 0 Å². The molecule has 0 aromatic carbocycles. The number of hydrogen-bond acceptors (Lipinski definition) is 3. The maximum absolute atomic E-state index is 12.1. The molecule has 18 heavy (non-hydrogen) atoms. The van der Waals surface area contributed by atoms with Crippen molar-refractivity contribution in [1.29, 1.82) is 0 Å². The van der Waals surface area contributed by atoms with E-state index in [1.807, 2.05) is 19.9 Å². The number of carbonyl (C=O) groups is 1. The Kier molecular flexibility index (Phi) is 3.76. The third-order valence-electron chi connectivity index (χ3n) is 2.40. The Labute approximate surface area is 113 Å². The molecule has 0 spiro atoms. The second-order valence-electron chi connectivity index (χ2n) is 3.80. The first-order chi connectivity index (χ1) is 8.60. The predicted octanol–water partition coefficient (Wildman–Crippen LogP) is 2.62. The summed E-state index contributed by atoms with van der Waals surface area (Å²) in [6.07, 6.45) is 1.64. The molecule has 94 valence electrons. The van der Waals surface area contributed by atoms with Crippen LogP contribution in [0.15, 0.2) is 28.9 Å². The first kappa shape index (κ1) is 12.8. The smallest absolute Gasteiger partial charge is 0.275 e. The van der Waals surface area contributed by atoms with Gasteiger partial charge in [-0.05, 0) is 48.0 Å². The van der Waals surface area contributed by atoms with Gasteiger partial charge in [-0.1, -0.05) is 0 Å². The van der Waals surface area contributed by atoms with Crippen LogP contribution < -0.4 is 5.32 Å². The quantitative estimate of drug-likeness (QED) is 0.948. The average molecular weight is 309 g/mol. The standard InChI is InChI=1S/C12H13BrN4O/c1-3-17-10(6-8(2)16-17)12(18)15-11-5-4-9(13)7-14-11/h4-7H,3H2,1-2H3,(H,14,15,18). The molecule has 1 N–H and O–H groups in total. The van der Waals surface area contributed by atoms with Crippen LogP contribution in [0.3, 0.4) is 0 Å². The number of halogens is 1. The number of aromatic nitrogens is 3. The highest BCUT2D eigenvalue weighted by Gasteiger charge is 2.13. The lowest BCUT2D eigenvalue weighted by atomic mass is 10.3. The fraction of sp³-hybridized carbons (Fsp3) is 0.250. The van der Waals surface area contributed by atoms with E-state index in [0.717, 1.165) is 10.2 Å². The topological polar surface area (TPSA) is 59.8 Å². The summed E-state index contributed by atoms with van der Waals surface area (Å²) in [7, 11) is 0. The lowest BCUT2D eigenvalue weighted by Gasteiger charge is -2.05. The molecule has 2 heterocycles. The van der Waals surface area contributed by atoms with Crippen molar-refractivity contribution >= 4 is 27.7 Å². The molecule has 0 saturated heterocycles. The predicted molar refractivity (Wildman–Crippen MR) is 72.5 cm³/mol. The fourth-order valence-corrected chi connectivity index (χ4v) is 1.83. The van der Waals surface area contributed by atoms with Gasteiger partial charge in [0.1, 0.15) is 11.5 Å². The van der Waals surface area contributed by atoms with E-state index in [2.05, 4.69) is 31.3 Å². The van der Waals surface area contributed by atoms with Gasteiger partial charge < -0.3 is 5.32 Å². The first-order valence-corrected chi connectivity index (χ1v) is 6.37. The summed E-state index contributed by atoms with van der Waals surface area (Å²) in [6.45, 7) is 4.46. The van der Waals surface area contributed by atoms with Crippen molar-refractivity contribution in [1.82, 2.24) is 14.8 Å². The number of aryl methyl sites for hydroxylation is 2. The summed E-state index contributed by atoms with van der Waals surface area (Å²) in [4.78, 5) is 16.2. The van der Waals surface area contributed by atoms with Crippen LogP contribution in [0.2, 0.25) is 0 Å². The highest BCUT2D eigenvalue weighted by molar-refractivity contribution is 9.10. The van der Waals surface area contributed by atoms with E-state index in [0.29, 0.717) is 18.1 Å². The largest absolute Gasteiger partial charge is 0.305 e. The summed E-state index contributed by atoms with van der Waals surface area (Å²) in [5.74, 6) is 0.317. The van der Waals surface area contributed by atoms with Gasteiger partial charge in [0.15, 0.2) is 0 Å². The molecule has 0 bridgehead atoms. The summed E-state index contributed by atoms with van der Waals surface area (Å²) >= 11 is 3.29. The Bertz CT molecular complexity index is 562. The van der Waals surface area contributed by atoms with Crippen molar-refractivity contribution in [2.75, 3.05) is 5.32 Å². The normalized spacial score (nSPS) is 10.4. The molecule has 0 saturated carbocycles. The molecule has 0 aliphatic rings. The molecule has 2 aromatic rings. The van der Waals surface area contributed by atoms with Crippen molar-refractivity contribution < 1.29 is 4.79 Å². The van der Waals surface area contributed by atoms with Crippen molar-refractivity contribution in [3.63, 3.8) is 0 Å². The second kappa shape index (κ2) is 5.30. The Balaban J connectivity index is 2.19. The SMILES string of the molecule is CCn1nc(C)cc1C(=O)Nc1ccc(Br)cn1. The maximum Gasteiger partial charge on any atom is 0.275 e. The highest BCUT2D eigenvalue weighted by atomic mass is 79.9. The number of rotatable bonds is 3. The monoisotopic (exact) mass is 308 g/mol. The van der Waals surface area contributed by atoms with E-state index in [-0.39, 0.29) is 5.91 Å². The van der Waals surface area contributed by atoms with Crippen molar-refractivity contribution in [3.05, 3.63) is 40.3 Å². The zero-order valence-electron chi connectivity index (χ0n) is 10.1. The van der Waals surface area contributed by atoms with Crippen molar-refractivity contribution in [2.24, 2.45) is 0 Å². The summed E-state index contributed by atoms with van der Waals surface area (Å²) in [5, 5.41) is 6.98. The van der Waals surface area contributed by atoms with E-state index in [4.69, 9.17) is 0 Å². The third kappa shape index (κ3) is 2.76. The molecule has 2 rings (SSSR count). The van der Waals surface area contributed by atoms with Gasteiger partial charge in [0, 0.05) is 17.2 Å². The van der Waals surface area contributed by atoms with Crippen LogP contribution in [0.4, 0.5) is 5.82 Å². The first-order valence-electron chi connectivity index (χ1n) is 5.57. The molecule has 0 aliphatic heterocycles. The Morgan fingerprint density at radius 1 is 1.50 bits per heavy atom. The van der Waals surface area contributed by atoms with Gasteiger partial charge in [-0.3, -0.25) is 9.48 Å². The average Bonchev–Trinajstić information content (AvgIpc) is 2.73. The molecule has 1 amide bonds. The molecule has 0 radical (unpaired) electrons. The van der Waals surface area contributed by atoms with Crippen LogP contribution in [-0.2, 0) is 6.54 Å². The molecule has 2 aromatic heterocycles. The number of carbonyl (C=O) groups excluding carboxylic acids is 1. The van der Waals surface area contributed by atoms with Crippen LogP contribution in [0.25, 0.3) is 0 Å². The van der Waals surface area contributed by atoms with Crippen molar-refractivity contribution in [3.8, 4) is 0 Å². The minimum Gasteiger partial charge on any atom is -0.305 e. The number of pyridine rings is 1. The molecule has 0 fully saturated rings. The Hall–Kier alpha value is -1.69. The second-order valence-corrected chi connectivity index (χ2v) is 4.72. The van der Waals surface area contributed by atoms with Crippen LogP contribution in [0.5, 0.6) is 0 Å². The summed E-state index contributed by atoms with van der Waals surface area (Å²) in [6, 6.07) is 5.32. The number of hydrogen-bond donors (Lipinski definition) is 1. The Morgan fingerprint density at radius 3 is 2.89 bits per heavy atom. The molecule has 6 heteroatoms. The van der Waals surface area contributed by atoms with Gasteiger partial charge in [-0.2, -0.15) is 5.10 Å². The summed E-state index contributed by atoms with van der Waals surface area (Å²) in [5.41, 5.74) is 1.37. The highest BCUT2D eigenvalue weighted by Crippen LogP contribution is 2.12. The lowest BCUT2D eigenvalue weighted by Crippen LogP contribution is -2.17. The Morgan fingerprint density at radius 2 is 2.28 bits per heavy atom. The van der Waals surface area contributed by atoms with Crippen LogP contribution >= 0.6 is 15.9 Å². The van der Waals surface area contributed by atoms with E-state index >= 15 is 0 Å². The number of amides is 1. The zero-order valence-corrected chi connectivity index (χ0v) is 11.7. The van der Waals surface area contributed by atoms with Gasteiger partial charge in [0.25, 0.3) is 5.91 Å². The maximum atomic E-state index is 12.1. The van der Waals surface area contributed by atoms with E-state index < -0.39 is 0 Å². The minimum atomic E-state index is -0.202. The summed E-state index contributed by atoms with van der Waals surface area (Å²) < 4.78 is 2.54. The number of nitrogens with one attached hydrogen (secondary N) is 1. The number of anilines is 1. The van der Waals surface area contributed by atoms with Crippen LogP contribution in [0.1, 0.15) is 23.1 Å². The van der Waals surface area contributed by atoms with Crippen LogP contribution in [0, 0.1) is 6.92 Å². The van der Waals surface area contributed by atoms with Crippen molar-refractivity contribution in [2.45, 2.75) is 20.4 Å².